The van der Waals surface area contributed by atoms with Crippen LogP contribution in [0.3, 0.4) is 0 Å². The van der Waals surface area contributed by atoms with E-state index in [9.17, 15) is 4.79 Å². The molecule has 22 heavy (non-hydrogen) atoms. The minimum atomic E-state index is -0.231. The maximum absolute atomic E-state index is 12.9. The number of carbonyl (C=O) groups is 1. The van der Waals surface area contributed by atoms with E-state index in [0.717, 1.165) is 36.5 Å². The molecule has 0 aromatic carbocycles. The van der Waals surface area contributed by atoms with E-state index in [2.05, 4.69) is 10.1 Å². The van der Waals surface area contributed by atoms with Crippen molar-refractivity contribution in [3.63, 3.8) is 0 Å². The summed E-state index contributed by atoms with van der Waals surface area (Å²) < 4.78 is 10.6. The highest BCUT2D eigenvalue weighted by atomic mass is 16.5. The van der Waals surface area contributed by atoms with Crippen molar-refractivity contribution in [3.05, 3.63) is 34.9 Å². The minimum absolute atomic E-state index is 0.0827. The Bertz CT molecular complexity index is 689. The summed E-state index contributed by atoms with van der Waals surface area (Å²) in [5.74, 6) is 2.64. The minimum Gasteiger partial charge on any atom is -0.466 e. The van der Waals surface area contributed by atoms with Gasteiger partial charge in [0.25, 0.3) is 0 Å². The first-order valence-corrected chi connectivity index (χ1v) is 7.65. The molecule has 3 heterocycles. The van der Waals surface area contributed by atoms with E-state index in [1.54, 1.807) is 6.92 Å². The Balaban J connectivity index is 1.83. The molecule has 0 saturated carbocycles. The number of aromatic nitrogens is 2. The highest BCUT2D eigenvalue weighted by molar-refractivity contribution is 5.84. The number of aryl methyl sites for hydroxylation is 3. The molecule has 0 spiro atoms. The normalized spacial score (nSPS) is 19.6. The molecule has 1 fully saturated rings. The molecular weight excluding hydrogens is 282 g/mol. The number of furan rings is 1. The fourth-order valence-electron chi connectivity index (χ4n) is 3.21. The second-order valence-corrected chi connectivity index (χ2v) is 5.95. The molecule has 0 unspecified atom stereocenters. The molecule has 1 saturated heterocycles. The second kappa shape index (κ2) is 5.59. The van der Waals surface area contributed by atoms with Crippen LogP contribution in [0.5, 0.6) is 0 Å². The molecule has 3 rings (SSSR count). The second-order valence-electron chi connectivity index (χ2n) is 5.95. The Morgan fingerprint density at radius 1 is 1.41 bits per heavy atom. The fourth-order valence-corrected chi connectivity index (χ4v) is 3.21. The van der Waals surface area contributed by atoms with Crippen molar-refractivity contribution in [2.45, 2.75) is 52.5 Å². The van der Waals surface area contributed by atoms with Gasteiger partial charge < -0.3 is 13.8 Å². The highest BCUT2D eigenvalue weighted by Gasteiger charge is 2.36. The number of carbonyl (C=O) groups excluding carboxylic acids is 1. The van der Waals surface area contributed by atoms with Crippen LogP contribution in [0, 0.1) is 20.8 Å². The topological polar surface area (TPSA) is 72.4 Å². The Labute approximate surface area is 129 Å². The zero-order valence-electron chi connectivity index (χ0n) is 13.4. The van der Waals surface area contributed by atoms with Crippen LogP contribution >= 0.6 is 0 Å². The summed E-state index contributed by atoms with van der Waals surface area (Å²) in [4.78, 5) is 19.1. The van der Waals surface area contributed by atoms with Gasteiger partial charge >= 0.3 is 0 Å². The predicted molar refractivity (Wildman–Crippen MR) is 79.3 cm³/mol. The van der Waals surface area contributed by atoms with Crippen molar-refractivity contribution in [2.24, 2.45) is 0 Å². The third-order valence-electron chi connectivity index (χ3n) is 4.29. The Kier molecular flexibility index (Phi) is 3.76. The standard InChI is InChI=1S/C16H21N3O3/c1-9-8-13(11(3)21-9)10(2)16(20)19-7-5-6-14(19)15-17-12(4)22-18-15/h8,10,14H,5-7H2,1-4H3/t10-,14-/m0/s1. The van der Waals surface area contributed by atoms with Crippen LogP contribution in [0.25, 0.3) is 0 Å². The summed E-state index contributed by atoms with van der Waals surface area (Å²) in [6.45, 7) is 8.22. The zero-order chi connectivity index (χ0) is 15.9. The SMILES string of the molecule is Cc1cc([C@H](C)C(=O)N2CCC[C@H]2c2noc(C)n2)c(C)o1. The van der Waals surface area contributed by atoms with Gasteiger partial charge in [0.15, 0.2) is 5.82 Å². The van der Waals surface area contributed by atoms with E-state index in [1.165, 1.54) is 0 Å². The Hall–Kier alpha value is -2.11. The molecular formula is C16H21N3O3. The van der Waals surface area contributed by atoms with Crippen LogP contribution in [0.4, 0.5) is 0 Å². The largest absolute Gasteiger partial charge is 0.466 e. The lowest BCUT2D eigenvalue weighted by atomic mass is 9.99. The first kappa shape index (κ1) is 14.8. The molecule has 1 aliphatic heterocycles. The van der Waals surface area contributed by atoms with E-state index in [4.69, 9.17) is 8.94 Å². The summed E-state index contributed by atoms with van der Waals surface area (Å²) in [7, 11) is 0. The summed E-state index contributed by atoms with van der Waals surface area (Å²) in [6, 6.07) is 1.86. The highest BCUT2D eigenvalue weighted by Crippen LogP contribution is 2.34. The smallest absolute Gasteiger partial charge is 0.230 e. The third kappa shape index (κ3) is 2.53. The quantitative estimate of drug-likeness (QED) is 0.871. The Morgan fingerprint density at radius 3 is 2.77 bits per heavy atom. The van der Waals surface area contributed by atoms with Crippen LogP contribution in [0.2, 0.25) is 0 Å². The van der Waals surface area contributed by atoms with Crippen LogP contribution < -0.4 is 0 Å². The van der Waals surface area contributed by atoms with Crippen LogP contribution in [-0.2, 0) is 4.79 Å². The van der Waals surface area contributed by atoms with Crippen molar-refractivity contribution in [1.82, 2.24) is 15.0 Å². The number of nitrogens with zero attached hydrogens (tertiary/aromatic N) is 3. The van der Waals surface area contributed by atoms with Gasteiger partial charge in [0.1, 0.15) is 11.5 Å². The number of hydrogen-bond donors (Lipinski definition) is 0. The van der Waals surface area contributed by atoms with E-state index < -0.39 is 0 Å². The summed E-state index contributed by atoms with van der Waals surface area (Å²) in [5.41, 5.74) is 0.956. The lowest BCUT2D eigenvalue weighted by Crippen LogP contribution is -2.34. The van der Waals surface area contributed by atoms with Crippen molar-refractivity contribution >= 4 is 5.91 Å². The van der Waals surface area contributed by atoms with Gasteiger partial charge in [0.05, 0.1) is 12.0 Å². The van der Waals surface area contributed by atoms with Crippen molar-refractivity contribution < 1.29 is 13.7 Å². The van der Waals surface area contributed by atoms with Gasteiger partial charge in [-0.25, -0.2) is 0 Å². The van der Waals surface area contributed by atoms with Gasteiger partial charge in [-0.05, 0) is 39.7 Å². The molecule has 0 radical (unpaired) electrons. The molecule has 2 atom stereocenters. The molecule has 118 valence electrons. The molecule has 2 aromatic rings. The molecule has 6 nitrogen and oxygen atoms in total. The first-order valence-electron chi connectivity index (χ1n) is 7.65. The molecule has 1 amide bonds. The summed E-state index contributed by atoms with van der Waals surface area (Å²) in [6.07, 6.45) is 1.83. The van der Waals surface area contributed by atoms with Gasteiger partial charge in [-0.2, -0.15) is 4.98 Å². The monoisotopic (exact) mass is 303 g/mol. The molecule has 1 aliphatic rings. The van der Waals surface area contributed by atoms with Crippen LogP contribution in [0.15, 0.2) is 15.0 Å². The van der Waals surface area contributed by atoms with Gasteiger partial charge in [0, 0.05) is 19.0 Å². The fraction of sp³-hybridized carbons (Fsp3) is 0.562. The lowest BCUT2D eigenvalue weighted by Gasteiger charge is -2.25. The van der Waals surface area contributed by atoms with Crippen LogP contribution in [0.1, 0.15) is 60.5 Å². The van der Waals surface area contributed by atoms with Crippen molar-refractivity contribution in [1.29, 1.82) is 0 Å². The third-order valence-corrected chi connectivity index (χ3v) is 4.29. The maximum Gasteiger partial charge on any atom is 0.230 e. The van der Waals surface area contributed by atoms with E-state index >= 15 is 0 Å². The number of likely N-dealkylation sites (tertiary alicyclic amines) is 1. The molecule has 2 aromatic heterocycles. The van der Waals surface area contributed by atoms with E-state index in [1.807, 2.05) is 31.7 Å². The summed E-state index contributed by atoms with van der Waals surface area (Å²) in [5, 5.41) is 3.99. The van der Waals surface area contributed by atoms with Gasteiger partial charge in [0.2, 0.25) is 11.8 Å². The average molecular weight is 303 g/mol. The van der Waals surface area contributed by atoms with Crippen molar-refractivity contribution in [3.8, 4) is 0 Å². The predicted octanol–water partition coefficient (Wildman–Crippen LogP) is 3.06. The van der Waals surface area contributed by atoms with Gasteiger partial charge in [-0.1, -0.05) is 5.16 Å². The molecule has 6 heteroatoms. The lowest BCUT2D eigenvalue weighted by molar-refractivity contribution is -0.133. The van der Waals surface area contributed by atoms with Gasteiger partial charge in [-0.15, -0.1) is 0 Å². The maximum atomic E-state index is 12.9. The van der Waals surface area contributed by atoms with E-state index in [-0.39, 0.29) is 17.9 Å². The molecule has 0 bridgehead atoms. The molecule has 0 aliphatic carbocycles. The Morgan fingerprint density at radius 2 is 2.18 bits per heavy atom. The zero-order valence-corrected chi connectivity index (χ0v) is 13.4. The number of hydrogen-bond acceptors (Lipinski definition) is 5. The number of rotatable bonds is 3. The molecule has 0 N–H and O–H groups in total. The summed E-state index contributed by atoms with van der Waals surface area (Å²) >= 11 is 0. The average Bonchev–Trinajstić information content (AvgIpc) is 3.17. The van der Waals surface area contributed by atoms with Gasteiger partial charge in [-0.3, -0.25) is 4.79 Å². The van der Waals surface area contributed by atoms with Crippen molar-refractivity contribution in [2.75, 3.05) is 6.54 Å². The van der Waals surface area contributed by atoms with E-state index in [0.29, 0.717) is 11.7 Å². The first-order chi connectivity index (χ1) is 10.5. The van der Waals surface area contributed by atoms with Crippen LogP contribution in [-0.4, -0.2) is 27.5 Å². The number of amides is 1.